The van der Waals surface area contributed by atoms with Crippen LogP contribution in [-0.2, 0) is 26.2 Å². The highest BCUT2D eigenvalue weighted by atomic mass is 32.2. The van der Waals surface area contributed by atoms with Crippen molar-refractivity contribution in [2.24, 2.45) is 0 Å². The van der Waals surface area contributed by atoms with Gasteiger partial charge in [-0.3, -0.25) is 13.9 Å². The van der Waals surface area contributed by atoms with E-state index in [9.17, 15) is 18.0 Å². The number of carbonyl (C=O) groups is 2. The largest absolute Gasteiger partial charge is 0.494 e. The van der Waals surface area contributed by atoms with Crippen LogP contribution in [0.2, 0.25) is 0 Å². The number of aryl methyl sites for hydroxylation is 1. The van der Waals surface area contributed by atoms with Crippen LogP contribution in [0, 0.1) is 6.92 Å². The topological polar surface area (TPSA) is 96.0 Å². The molecule has 1 N–H and O–H groups in total. The summed E-state index contributed by atoms with van der Waals surface area (Å²) in [7, 11) is -3.55. The number of anilines is 1. The number of rotatable bonds is 13. The Morgan fingerprint density at radius 2 is 1.71 bits per heavy atom. The van der Waals surface area contributed by atoms with Crippen molar-refractivity contribution in [1.82, 2.24) is 10.2 Å². The maximum atomic E-state index is 13.3. The molecule has 0 saturated carbocycles. The van der Waals surface area contributed by atoms with E-state index < -0.39 is 16.1 Å². The van der Waals surface area contributed by atoms with Gasteiger partial charge in [-0.1, -0.05) is 24.3 Å². The molecule has 0 fully saturated rings. The predicted octanol–water partition coefficient (Wildman–Crippen LogP) is 3.49. The zero-order valence-corrected chi connectivity index (χ0v) is 22.1. The van der Waals surface area contributed by atoms with E-state index in [1.165, 1.54) is 4.31 Å². The molecular weight excluding hydrogens is 466 g/mol. The Morgan fingerprint density at radius 3 is 2.29 bits per heavy atom. The van der Waals surface area contributed by atoms with Gasteiger partial charge in [0.25, 0.3) is 0 Å². The van der Waals surface area contributed by atoms with E-state index in [1.807, 2.05) is 45.0 Å². The van der Waals surface area contributed by atoms with Crippen molar-refractivity contribution in [3.8, 4) is 5.75 Å². The zero-order chi connectivity index (χ0) is 26.0. The summed E-state index contributed by atoms with van der Waals surface area (Å²) in [6.45, 7) is 8.83. The highest BCUT2D eigenvalue weighted by Crippen LogP contribution is 2.23. The van der Waals surface area contributed by atoms with Crippen LogP contribution in [0.25, 0.3) is 0 Å². The molecule has 8 nitrogen and oxygen atoms in total. The molecule has 1 unspecified atom stereocenters. The minimum Gasteiger partial charge on any atom is -0.494 e. The minimum absolute atomic E-state index is 0.110. The maximum Gasteiger partial charge on any atom is 0.242 e. The van der Waals surface area contributed by atoms with Gasteiger partial charge in [-0.05, 0) is 69.5 Å². The van der Waals surface area contributed by atoms with Gasteiger partial charge in [0.1, 0.15) is 11.8 Å². The lowest BCUT2D eigenvalue weighted by atomic mass is 10.1. The van der Waals surface area contributed by atoms with Crippen LogP contribution in [0.1, 0.15) is 44.7 Å². The number of benzene rings is 2. The Bertz CT molecular complexity index is 1090. The molecule has 0 spiro atoms. The first kappa shape index (κ1) is 28.2. The average Bonchev–Trinajstić information content (AvgIpc) is 2.81. The van der Waals surface area contributed by atoms with Crippen LogP contribution < -0.4 is 14.4 Å². The van der Waals surface area contributed by atoms with Crippen LogP contribution in [0.15, 0.2) is 48.5 Å². The lowest BCUT2D eigenvalue weighted by molar-refractivity contribution is -0.140. The Balaban J connectivity index is 2.15. The molecule has 0 radical (unpaired) electrons. The summed E-state index contributed by atoms with van der Waals surface area (Å²) in [6, 6.07) is 13.9. The first-order valence-corrected chi connectivity index (χ1v) is 13.8. The first-order chi connectivity index (χ1) is 16.6. The van der Waals surface area contributed by atoms with Crippen LogP contribution in [-0.4, -0.2) is 57.1 Å². The Kier molecular flexibility index (Phi) is 10.6. The quantitative estimate of drug-likeness (QED) is 0.451. The minimum atomic E-state index is -3.55. The molecule has 0 aliphatic rings. The van der Waals surface area contributed by atoms with Crippen LogP contribution in [0.4, 0.5) is 5.69 Å². The third kappa shape index (κ3) is 8.28. The zero-order valence-electron chi connectivity index (χ0n) is 21.3. The molecule has 2 aromatic carbocycles. The lowest BCUT2D eigenvalue weighted by Crippen LogP contribution is -2.47. The van der Waals surface area contributed by atoms with Gasteiger partial charge in [0.15, 0.2) is 0 Å². The summed E-state index contributed by atoms with van der Waals surface area (Å²) in [4.78, 5) is 27.4. The van der Waals surface area contributed by atoms with Gasteiger partial charge >= 0.3 is 0 Å². The molecule has 0 heterocycles. The van der Waals surface area contributed by atoms with Gasteiger partial charge in [0.05, 0.1) is 18.6 Å². The summed E-state index contributed by atoms with van der Waals surface area (Å²) < 4.78 is 31.6. The molecule has 0 saturated heterocycles. The van der Waals surface area contributed by atoms with Crippen molar-refractivity contribution in [2.45, 2.75) is 53.1 Å². The second-order valence-corrected chi connectivity index (χ2v) is 10.3. The number of ether oxygens (including phenoxy) is 1. The van der Waals surface area contributed by atoms with Crippen molar-refractivity contribution in [1.29, 1.82) is 0 Å². The van der Waals surface area contributed by atoms with E-state index in [4.69, 9.17) is 4.74 Å². The fourth-order valence-corrected chi connectivity index (χ4v) is 4.72. The van der Waals surface area contributed by atoms with Crippen molar-refractivity contribution < 1.29 is 22.7 Å². The molecule has 0 aliphatic carbocycles. The van der Waals surface area contributed by atoms with E-state index >= 15 is 0 Å². The maximum absolute atomic E-state index is 13.3. The molecule has 1 atom stereocenters. The van der Waals surface area contributed by atoms with Gasteiger partial charge in [0, 0.05) is 26.1 Å². The molecule has 192 valence electrons. The third-order valence-corrected chi connectivity index (χ3v) is 6.90. The van der Waals surface area contributed by atoms with E-state index in [1.54, 1.807) is 36.1 Å². The summed E-state index contributed by atoms with van der Waals surface area (Å²) in [6.07, 6.45) is 1.57. The van der Waals surface area contributed by atoms with E-state index in [0.717, 1.165) is 17.4 Å². The number of carbonyl (C=O) groups excluding carboxylic acids is 2. The summed E-state index contributed by atoms with van der Waals surface area (Å²) in [5, 5.41) is 2.78. The normalized spacial score (nSPS) is 12.0. The van der Waals surface area contributed by atoms with Crippen LogP contribution >= 0.6 is 0 Å². The first-order valence-electron chi connectivity index (χ1n) is 11.9. The number of sulfonamides is 1. The van der Waals surface area contributed by atoms with Gasteiger partial charge in [-0.15, -0.1) is 0 Å². The summed E-state index contributed by atoms with van der Waals surface area (Å²) in [5.74, 6) is 0.236. The fourth-order valence-electron chi connectivity index (χ4n) is 3.75. The summed E-state index contributed by atoms with van der Waals surface area (Å²) in [5.41, 5.74) is 2.51. The number of nitrogens with one attached hydrogen (secondary N) is 1. The van der Waals surface area contributed by atoms with Crippen molar-refractivity contribution >= 4 is 27.5 Å². The third-order valence-electron chi connectivity index (χ3n) is 5.71. The van der Waals surface area contributed by atoms with Gasteiger partial charge in [0.2, 0.25) is 21.8 Å². The number of amides is 2. The number of likely N-dealkylation sites (N-methyl/N-ethyl adjacent to an activating group) is 1. The number of hydrogen-bond donors (Lipinski definition) is 1. The van der Waals surface area contributed by atoms with Crippen molar-refractivity contribution in [3.05, 3.63) is 59.7 Å². The molecule has 0 bridgehead atoms. The van der Waals surface area contributed by atoms with E-state index in [-0.39, 0.29) is 24.8 Å². The Labute approximate surface area is 209 Å². The van der Waals surface area contributed by atoms with Crippen LogP contribution in [0.5, 0.6) is 5.75 Å². The highest BCUT2D eigenvalue weighted by Gasteiger charge is 2.26. The smallest absolute Gasteiger partial charge is 0.242 e. The monoisotopic (exact) mass is 503 g/mol. The second-order valence-electron chi connectivity index (χ2n) is 8.38. The fraction of sp³-hybridized carbons (Fsp3) is 0.462. The SMILES string of the molecule is CCNC(=O)C(C)N(Cc1ccccc1C)C(=O)CCCN(c1ccc(OCC)cc1)S(C)(=O)=O. The average molecular weight is 504 g/mol. The molecule has 2 aromatic rings. The van der Waals surface area contributed by atoms with Crippen LogP contribution in [0.3, 0.4) is 0 Å². The predicted molar refractivity (Wildman–Crippen MR) is 139 cm³/mol. The molecule has 2 amide bonds. The standard InChI is InChI=1S/C26H37N3O5S/c1-6-27-26(31)21(4)28(19-22-12-9-8-11-20(22)3)25(30)13-10-18-29(35(5,32)33)23-14-16-24(17-15-23)34-7-2/h8-9,11-12,14-17,21H,6-7,10,13,18-19H2,1-5H3,(H,27,31). The van der Waals surface area contributed by atoms with Gasteiger partial charge in [-0.25, -0.2) is 8.42 Å². The second kappa shape index (κ2) is 13.1. The molecule has 0 aromatic heterocycles. The highest BCUT2D eigenvalue weighted by molar-refractivity contribution is 7.92. The molecule has 0 aliphatic heterocycles. The van der Waals surface area contributed by atoms with Gasteiger partial charge in [-0.2, -0.15) is 0 Å². The Morgan fingerprint density at radius 1 is 1.06 bits per heavy atom. The lowest BCUT2D eigenvalue weighted by Gasteiger charge is -2.30. The van der Waals surface area contributed by atoms with Crippen molar-refractivity contribution in [3.63, 3.8) is 0 Å². The number of nitrogens with zero attached hydrogens (tertiary/aromatic N) is 2. The van der Waals surface area contributed by atoms with E-state index in [0.29, 0.717) is 37.6 Å². The molecule has 2 rings (SSSR count). The number of hydrogen-bond acceptors (Lipinski definition) is 5. The van der Waals surface area contributed by atoms with Gasteiger partial charge < -0.3 is 15.0 Å². The van der Waals surface area contributed by atoms with E-state index in [2.05, 4.69) is 5.32 Å². The summed E-state index contributed by atoms with van der Waals surface area (Å²) >= 11 is 0. The molecule has 9 heteroatoms. The van der Waals surface area contributed by atoms with Crippen molar-refractivity contribution in [2.75, 3.05) is 30.3 Å². The molecular formula is C26H37N3O5S. The molecule has 35 heavy (non-hydrogen) atoms. The Hall–Kier alpha value is -3.07.